The maximum absolute atomic E-state index is 12.6. The number of hydrogen-bond acceptors (Lipinski definition) is 11. The summed E-state index contributed by atoms with van der Waals surface area (Å²) in [5.41, 5.74) is 4.57. The second kappa shape index (κ2) is 12.1. The molecule has 224 valence electrons. The summed E-state index contributed by atoms with van der Waals surface area (Å²) in [7, 11) is 3.08. The van der Waals surface area contributed by atoms with Crippen molar-refractivity contribution in [2.75, 3.05) is 37.9 Å². The molecule has 1 saturated carbocycles. The van der Waals surface area contributed by atoms with Crippen LogP contribution in [0.2, 0.25) is 0 Å². The van der Waals surface area contributed by atoms with E-state index in [0.29, 0.717) is 35.1 Å². The van der Waals surface area contributed by atoms with Crippen LogP contribution in [0.15, 0.2) is 42.6 Å². The lowest BCUT2D eigenvalue weighted by atomic mass is 10.0. The van der Waals surface area contributed by atoms with Gasteiger partial charge in [-0.15, -0.1) is 15.3 Å². The van der Waals surface area contributed by atoms with Crippen LogP contribution in [0, 0.1) is 24.2 Å². The Balaban J connectivity index is 1.22. The molecule has 0 radical (unpaired) electrons. The number of likely N-dealkylation sites (tertiary alicyclic amines) is 1. The quantitative estimate of drug-likeness (QED) is 0.246. The molecular formula is C30H31N11O3. The summed E-state index contributed by atoms with van der Waals surface area (Å²) in [6.07, 6.45) is 3.60. The van der Waals surface area contributed by atoms with Crippen molar-refractivity contribution >= 4 is 29.0 Å². The molecule has 14 nitrogen and oxygen atoms in total. The zero-order valence-corrected chi connectivity index (χ0v) is 24.5. The number of nitriles is 1. The van der Waals surface area contributed by atoms with E-state index in [9.17, 15) is 9.59 Å². The number of aromatic nitrogens is 6. The lowest BCUT2D eigenvalue weighted by Gasteiger charge is -2.38. The van der Waals surface area contributed by atoms with Crippen LogP contribution in [-0.2, 0) is 11.3 Å². The average Bonchev–Trinajstić information content (AvgIpc) is 3.77. The van der Waals surface area contributed by atoms with Crippen LogP contribution >= 0.6 is 0 Å². The van der Waals surface area contributed by atoms with Crippen LogP contribution in [0.4, 0.5) is 17.2 Å². The predicted molar refractivity (Wildman–Crippen MR) is 160 cm³/mol. The Morgan fingerprint density at radius 3 is 2.66 bits per heavy atom. The van der Waals surface area contributed by atoms with E-state index in [-0.39, 0.29) is 29.4 Å². The minimum Gasteiger partial charge on any atom is -0.494 e. The van der Waals surface area contributed by atoms with Crippen molar-refractivity contribution in [3.05, 3.63) is 65.2 Å². The fraction of sp³-hybridized carbons (Fsp3) is 0.333. The van der Waals surface area contributed by atoms with Crippen molar-refractivity contribution in [1.29, 1.82) is 5.26 Å². The topological polar surface area (TPSA) is 176 Å². The fourth-order valence-corrected chi connectivity index (χ4v) is 5.13. The van der Waals surface area contributed by atoms with Crippen molar-refractivity contribution in [3.63, 3.8) is 0 Å². The van der Waals surface area contributed by atoms with Gasteiger partial charge in [-0.1, -0.05) is 17.3 Å². The Labute approximate surface area is 253 Å². The minimum atomic E-state index is -0.433. The number of carbonyl (C=O) groups is 2. The highest BCUT2D eigenvalue weighted by Gasteiger charge is 2.31. The van der Waals surface area contributed by atoms with Gasteiger partial charge in [0.1, 0.15) is 17.5 Å². The van der Waals surface area contributed by atoms with Gasteiger partial charge in [-0.3, -0.25) is 14.5 Å². The SMILES string of the molecule is CNC(=O)c1nnc(NC(=O)C2CC2)cc1Nc1ccc(C)c(-c2cn(C3CN(Cc4cccc(C#N)n4)C3)nn2)c1OC. The van der Waals surface area contributed by atoms with Crippen LogP contribution in [-0.4, -0.2) is 74.1 Å². The molecule has 44 heavy (non-hydrogen) atoms. The van der Waals surface area contributed by atoms with Gasteiger partial charge < -0.3 is 20.7 Å². The van der Waals surface area contributed by atoms with Crippen molar-refractivity contribution in [3.8, 4) is 23.1 Å². The molecule has 1 aliphatic carbocycles. The third kappa shape index (κ3) is 5.90. The normalized spacial score (nSPS) is 14.8. The summed E-state index contributed by atoms with van der Waals surface area (Å²) in [5, 5.41) is 34.7. The molecule has 0 spiro atoms. The van der Waals surface area contributed by atoms with Gasteiger partial charge in [0, 0.05) is 38.7 Å². The molecule has 1 aliphatic heterocycles. The van der Waals surface area contributed by atoms with Crippen LogP contribution in [0.5, 0.6) is 5.75 Å². The predicted octanol–water partition coefficient (Wildman–Crippen LogP) is 2.83. The average molecular weight is 594 g/mol. The van der Waals surface area contributed by atoms with Crippen LogP contribution in [0.3, 0.4) is 0 Å². The Morgan fingerprint density at radius 1 is 1.11 bits per heavy atom. The molecular weight excluding hydrogens is 562 g/mol. The molecule has 2 fully saturated rings. The molecule has 0 bridgehead atoms. The Morgan fingerprint density at radius 2 is 1.93 bits per heavy atom. The van der Waals surface area contributed by atoms with Crippen LogP contribution in [0.1, 0.15) is 46.3 Å². The molecule has 0 unspecified atom stereocenters. The standard InChI is InChI=1S/C30H31N11O3/c1-17-7-10-22(34-23-11-25(35-29(42)18-8-9-18)37-38-27(23)30(43)32-2)28(44-3)26(17)24-16-41(39-36-24)21-14-40(15-21)13-20-6-4-5-19(12-31)33-20/h4-7,10-11,16,18,21H,8-9,13-15H2,1-3H3,(H,32,43)(H2,34,35,37,42). The summed E-state index contributed by atoms with van der Waals surface area (Å²) < 4.78 is 7.73. The van der Waals surface area contributed by atoms with E-state index in [1.165, 1.54) is 7.05 Å². The van der Waals surface area contributed by atoms with Gasteiger partial charge in [0.2, 0.25) is 5.91 Å². The molecule has 4 heterocycles. The van der Waals surface area contributed by atoms with Gasteiger partial charge in [0.05, 0.1) is 42.0 Å². The largest absolute Gasteiger partial charge is 0.494 e. The van der Waals surface area contributed by atoms with E-state index in [1.807, 2.05) is 42.1 Å². The van der Waals surface area contributed by atoms with E-state index in [1.54, 1.807) is 19.2 Å². The number of nitrogens with zero attached hydrogens (tertiary/aromatic N) is 8. The second-order valence-corrected chi connectivity index (χ2v) is 10.9. The smallest absolute Gasteiger partial charge is 0.273 e. The number of amides is 2. The molecule has 2 aliphatic rings. The van der Waals surface area contributed by atoms with Crippen molar-refractivity contribution in [2.24, 2.45) is 5.92 Å². The van der Waals surface area contributed by atoms with E-state index in [4.69, 9.17) is 10.00 Å². The Bertz CT molecular complexity index is 1770. The third-order valence-corrected chi connectivity index (χ3v) is 7.66. The molecule has 3 N–H and O–H groups in total. The number of pyridine rings is 1. The molecule has 4 aromatic rings. The highest BCUT2D eigenvalue weighted by atomic mass is 16.5. The molecule has 1 aromatic carbocycles. The lowest BCUT2D eigenvalue weighted by Crippen LogP contribution is -2.47. The monoisotopic (exact) mass is 593 g/mol. The van der Waals surface area contributed by atoms with Gasteiger partial charge in [0.25, 0.3) is 5.91 Å². The van der Waals surface area contributed by atoms with Crippen molar-refractivity contribution < 1.29 is 14.3 Å². The van der Waals surface area contributed by atoms with Gasteiger partial charge >= 0.3 is 0 Å². The number of benzene rings is 1. The summed E-state index contributed by atoms with van der Waals surface area (Å²) in [6, 6.07) is 13.0. The van der Waals surface area contributed by atoms with Crippen molar-refractivity contribution in [1.82, 2.24) is 40.4 Å². The fourth-order valence-electron chi connectivity index (χ4n) is 5.13. The lowest BCUT2D eigenvalue weighted by molar-refractivity contribution is -0.117. The number of anilines is 3. The number of aryl methyl sites for hydroxylation is 1. The van der Waals surface area contributed by atoms with Crippen molar-refractivity contribution in [2.45, 2.75) is 32.4 Å². The number of carbonyl (C=O) groups excluding carboxylic acids is 2. The first-order valence-corrected chi connectivity index (χ1v) is 14.2. The summed E-state index contributed by atoms with van der Waals surface area (Å²) in [6.45, 7) is 4.16. The van der Waals surface area contributed by atoms with E-state index < -0.39 is 5.91 Å². The van der Waals surface area contributed by atoms with Gasteiger partial charge in [-0.2, -0.15) is 5.26 Å². The van der Waals surface area contributed by atoms with Crippen LogP contribution in [0.25, 0.3) is 11.3 Å². The molecule has 2 amide bonds. The number of nitrogens with one attached hydrogen (secondary N) is 3. The number of ether oxygens (including phenoxy) is 1. The highest BCUT2D eigenvalue weighted by molar-refractivity contribution is 6.00. The Hall–Kier alpha value is -5.42. The summed E-state index contributed by atoms with van der Waals surface area (Å²) >= 11 is 0. The zero-order chi connectivity index (χ0) is 30.8. The molecule has 0 atom stereocenters. The molecule has 1 saturated heterocycles. The molecule has 3 aromatic heterocycles. The highest BCUT2D eigenvalue weighted by Crippen LogP contribution is 2.40. The minimum absolute atomic E-state index is 0.0125. The van der Waals surface area contributed by atoms with Gasteiger partial charge in [-0.05, 0) is 43.5 Å². The molecule has 14 heteroatoms. The first-order valence-electron chi connectivity index (χ1n) is 14.2. The Kier molecular flexibility index (Phi) is 7.86. The van der Waals surface area contributed by atoms with Crippen LogP contribution < -0.4 is 20.7 Å². The number of methoxy groups -OCH3 is 1. The molecule has 6 rings (SSSR count). The zero-order valence-electron chi connectivity index (χ0n) is 24.5. The second-order valence-electron chi connectivity index (χ2n) is 10.9. The maximum Gasteiger partial charge on any atom is 0.273 e. The number of rotatable bonds is 10. The van der Waals surface area contributed by atoms with Gasteiger partial charge in [-0.25, -0.2) is 9.67 Å². The van der Waals surface area contributed by atoms with E-state index >= 15 is 0 Å². The van der Waals surface area contributed by atoms with E-state index in [0.717, 1.165) is 42.8 Å². The summed E-state index contributed by atoms with van der Waals surface area (Å²) in [5.74, 6) is 0.197. The van der Waals surface area contributed by atoms with Gasteiger partial charge in [0.15, 0.2) is 17.3 Å². The summed E-state index contributed by atoms with van der Waals surface area (Å²) in [4.78, 5) is 31.5. The maximum atomic E-state index is 12.6. The third-order valence-electron chi connectivity index (χ3n) is 7.66. The van der Waals surface area contributed by atoms with E-state index in [2.05, 4.69) is 52.4 Å². The first-order chi connectivity index (χ1) is 21.4. The number of hydrogen-bond donors (Lipinski definition) is 3. The first kappa shape index (κ1) is 28.7.